The number of likely N-dealkylation sites (tertiary alicyclic amines) is 1. The second-order valence-electron chi connectivity index (χ2n) is 5.28. The zero-order valence-electron chi connectivity index (χ0n) is 11.1. The van der Waals surface area contributed by atoms with Crippen molar-refractivity contribution in [2.45, 2.75) is 25.9 Å². The Morgan fingerprint density at radius 2 is 2.18 bits per heavy atom. The molecule has 1 saturated heterocycles. The Balaban J connectivity index is 2.03. The first kappa shape index (κ1) is 13.0. The van der Waals surface area contributed by atoms with Gasteiger partial charge in [0.05, 0.1) is 0 Å². The van der Waals surface area contributed by atoms with E-state index >= 15 is 0 Å². The van der Waals surface area contributed by atoms with Crippen molar-refractivity contribution in [3.05, 3.63) is 29.3 Å². The van der Waals surface area contributed by atoms with Gasteiger partial charge >= 0.3 is 0 Å². The predicted octanol–water partition coefficient (Wildman–Crippen LogP) is 1.63. The molecule has 17 heavy (non-hydrogen) atoms. The summed E-state index contributed by atoms with van der Waals surface area (Å²) in [6.07, 6.45) is 1.30. The van der Waals surface area contributed by atoms with Crippen molar-refractivity contribution in [2.24, 2.45) is 0 Å². The summed E-state index contributed by atoms with van der Waals surface area (Å²) in [5.74, 6) is 0. The quantitative estimate of drug-likeness (QED) is 0.752. The fraction of sp³-hybridized carbons (Fsp3) is 0.571. The van der Waals surface area contributed by atoms with Crippen molar-refractivity contribution in [3.8, 4) is 0 Å². The minimum Gasteiger partial charge on any atom is -0.305 e. The predicted molar refractivity (Wildman–Crippen MR) is 77.9 cm³/mol. The Labute approximate surface area is 107 Å². The van der Waals surface area contributed by atoms with Gasteiger partial charge in [-0.15, -0.1) is 9.24 Å². The third-order valence-corrected chi connectivity index (χ3v) is 4.35. The molecule has 1 heterocycles. The summed E-state index contributed by atoms with van der Waals surface area (Å²) < 4.78 is 0. The van der Waals surface area contributed by atoms with E-state index in [2.05, 4.69) is 58.3 Å². The van der Waals surface area contributed by atoms with Gasteiger partial charge in [-0.2, -0.15) is 0 Å². The normalized spacial score (nSPS) is 21.4. The van der Waals surface area contributed by atoms with E-state index in [4.69, 9.17) is 0 Å². The maximum atomic E-state index is 2.86. The lowest BCUT2D eigenvalue weighted by molar-refractivity contribution is 0.265. The molecule has 0 saturated carbocycles. The Morgan fingerprint density at radius 1 is 1.41 bits per heavy atom. The highest BCUT2D eigenvalue weighted by molar-refractivity contribution is 7.27. The summed E-state index contributed by atoms with van der Waals surface area (Å²) in [6.45, 7) is 5.73. The highest BCUT2D eigenvalue weighted by Gasteiger charge is 2.24. The maximum Gasteiger partial charge on any atom is 0.0243 e. The molecule has 0 bridgehead atoms. The molecule has 0 aromatic heterocycles. The molecule has 94 valence electrons. The average molecular weight is 250 g/mol. The number of rotatable bonds is 3. The van der Waals surface area contributed by atoms with Crippen molar-refractivity contribution in [3.63, 3.8) is 0 Å². The van der Waals surface area contributed by atoms with E-state index in [1.54, 1.807) is 0 Å². The molecule has 0 radical (unpaired) electrons. The lowest BCUT2D eigenvalue weighted by Gasteiger charge is -2.21. The molecule has 0 N–H and O–H groups in total. The topological polar surface area (TPSA) is 6.48 Å². The van der Waals surface area contributed by atoms with Crippen molar-refractivity contribution in [2.75, 3.05) is 27.2 Å². The SMILES string of the molecule is Cc1cccc(P)c1CN1CC[C@@H](N(C)C)C1. The van der Waals surface area contributed by atoms with Crippen molar-refractivity contribution < 1.29 is 0 Å². The fourth-order valence-corrected chi connectivity index (χ4v) is 2.97. The van der Waals surface area contributed by atoms with Gasteiger partial charge < -0.3 is 4.90 Å². The van der Waals surface area contributed by atoms with Crippen LogP contribution >= 0.6 is 9.24 Å². The second-order valence-corrected chi connectivity index (χ2v) is 5.91. The maximum absolute atomic E-state index is 2.86. The van der Waals surface area contributed by atoms with Crippen molar-refractivity contribution in [1.82, 2.24) is 9.80 Å². The molecule has 0 spiro atoms. The molecule has 1 aromatic rings. The van der Waals surface area contributed by atoms with E-state index < -0.39 is 0 Å². The van der Waals surface area contributed by atoms with Crippen molar-refractivity contribution >= 4 is 14.5 Å². The first-order chi connectivity index (χ1) is 8.08. The minimum absolute atomic E-state index is 0.729. The van der Waals surface area contributed by atoms with E-state index in [0.717, 1.165) is 12.6 Å². The second kappa shape index (κ2) is 5.48. The first-order valence-corrected chi connectivity index (χ1v) is 6.88. The molecule has 1 unspecified atom stereocenters. The molecule has 2 rings (SSSR count). The van der Waals surface area contributed by atoms with Crippen LogP contribution in [0.25, 0.3) is 0 Å². The summed E-state index contributed by atoms with van der Waals surface area (Å²) in [7, 11) is 7.23. The molecular formula is C14H23N2P. The van der Waals surface area contributed by atoms with E-state index in [1.807, 2.05) is 0 Å². The molecule has 1 aromatic carbocycles. The van der Waals surface area contributed by atoms with Crippen molar-refractivity contribution in [1.29, 1.82) is 0 Å². The van der Waals surface area contributed by atoms with Gasteiger partial charge in [0.25, 0.3) is 0 Å². The molecule has 2 atom stereocenters. The third kappa shape index (κ3) is 3.07. The van der Waals surface area contributed by atoms with E-state index in [9.17, 15) is 0 Å². The third-order valence-electron chi connectivity index (χ3n) is 3.81. The Bertz CT molecular complexity index is 370. The van der Waals surface area contributed by atoms with Gasteiger partial charge in [-0.1, -0.05) is 18.2 Å². The van der Waals surface area contributed by atoms with Crippen LogP contribution in [0.3, 0.4) is 0 Å². The molecular weight excluding hydrogens is 227 g/mol. The zero-order chi connectivity index (χ0) is 12.4. The van der Waals surface area contributed by atoms with Crippen LogP contribution in [0.2, 0.25) is 0 Å². The van der Waals surface area contributed by atoms with Crippen LogP contribution in [0.5, 0.6) is 0 Å². The van der Waals surface area contributed by atoms with Gasteiger partial charge in [-0.05, 0) is 43.9 Å². The summed E-state index contributed by atoms with van der Waals surface area (Å²) in [6, 6.07) is 7.26. The Morgan fingerprint density at radius 3 is 2.76 bits per heavy atom. The van der Waals surface area contributed by atoms with Crippen LogP contribution in [0, 0.1) is 6.92 Å². The molecule has 0 amide bonds. The van der Waals surface area contributed by atoms with Gasteiger partial charge in [-0.3, -0.25) is 4.90 Å². The Hall–Kier alpha value is -0.430. The lowest BCUT2D eigenvalue weighted by Crippen LogP contribution is -2.31. The number of aryl methyl sites for hydroxylation is 1. The number of hydrogen-bond donors (Lipinski definition) is 0. The van der Waals surface area contributed by atoms with Crippen LogP contribution in [0.15, 0.2) is 18.2 Å². The van der Waals surface area contributed by atoms with Crippen LogP contribution in [-0.2, 0) is 6.54 Å². The summed E-state index contributed by atoms with van der Waals surface area (Å²) >= 11 is 0. The molecule has 0 aliphatic carbocycles. The number of likely N-dealkylation sites (N-methyl/N-ethyl adjacent to an activating group) is 1. The van der Waals surface area contributed by atoms with Crippen LogP contribution in [-0.4, -0.2) is 43.0 Å². The minimum atomic E-state index is 0.729. The van der Waals surface area contributed by atoms with E-state index in [-0.39, 0.29) is 0 Å². The van der Waals surface area contributed by atoms with Gasteiger partial charge in [0.15, 0.2) is 0 Å². The van der Waals surface area contributed by atoms with Gasteiger partial charge in [0.1, 0.15) is 0 Å². The lowest BCUT2D eigenvalue weighted by atomic mass is 10.1. The molecule has 2 nitrogen and oxygen atoms in total. The standard InChI is InChI=1S/C14H23N2P/c1-11-5-4-6-14(17)13(11)10-16-8-7-12(9-16)15(2)3/h4-6,12H,7-10,17H2,1-3H3/t12-/m1/s1. The highest BCUT2D eigenvalue weighted by atomic mass is 31.0. The van der Waals surface area contributed by atoms with Gasteiger partial charge in [0, 0.05) is 25.7 Å². The number of nitrogens with zero attached hydrogens (tertiary/aromatic N) is 2. The van der Waals surface area contributed by atoms with Crippen LogP contribution in [0.1, 0.15) is 17.5 Å². The molecule has 3 heteroatoms. The Kier molecular flexibility index (Phi) is 4.19. The average Bonchev–Trinajstić information content (AvgIpc) is 2.72. The van der Waals surface area contributed by atoms with Crippen LogP contribution in [0.4, 0.5) is 0 Å². The fourth-order valence-electron chi connectivity index (χ4n) is 2.54. The smallest absolute Gasteiger partial charge is 0.0243 e. The summed E-state index contributed by atoms with van der Waals surface area (Å²) in [5, 5.41) is 1.35. The summed E-state index contributed by atoms with van der Waals surface area (Å²) in [5.41, 5.74) is 2.89. The zero-order valence-corrected chi connectivity index (χ0v) is 12.3. The number of benzene rings is 1. The largest absolute Gasteiger partial charge is 0.305 e. The van der Waals surface area contributed by atoms with Gasteiger partial charge in [-0.25, -0.2) is 0 Å². The first-order valence-electron chi connectivity index (χ1n) is 6.30. The molecule has 1 aliphatic heterocycles. The monoisotopic (exact) mass is 250 g/mol. The molecule has 1 fully saturated rings. The van der Waals surface area contributed by atoms with E-state index in [0.29, 0.717) is 0 Å². The van der Waals surface area contributed by atoms with Crippen LogP contribution < -0.4 is 5.30 Å². The number of hydrogen-bond acceptors (Lipinski definition) is 2. The molecule has 1 aliphatic rings. The highest BCUT2D eigenvalue weighted by Crippen LogP contribution is 2.18. The van der Waals surface area contributed by atoms with Gasteiger partial charge in [0.2, 0.25) is 0 Å². The van der Waals surface area contributed by atoms with E-state index in [1.165, 1.54) is 35.9 Å². The summed E-state index contributed by atoms with van der Waals surface area (Å²) in [4.78, 5) is 4.92.